The van der Waals surface area contributed by atoms with Crippen LogP contribution in [0.5, 0.6) is 0 Å². The number of ether oxygens (including phenoxy) is 1. The summed E-state index contributed by atoms with van der Waals surface area (Å²) < 4.78 is 5.10. The van der Waals surface area contributed by atoms with E-state index in [1.54, 1.807) is 12.0 Å². The zero-order valence-electron chi connectivity index (χ0n) is 18.3. The van der Waals surface area contributed by atoms with Crippen molar-refractivity contribution in [3.63, 3.8) is 0 Å². The second-order valence-corrected chi connectivity index (χ2v) is 8.28. The van der Waals surface area contributed by atoms with Crippen molar-refractivity contribution >= 4 is 17.6 Å². The minimum Gasteiger partial charge on any atom is -0.384 e. The number of carbonyl (C=O) groups is 2. The van der Waals surface area contributed by atoms with Gasteiger partial charge in [-0.25, -0.2) is 9.97 Å². The third kappa shape index (κ3) is 4.61. The lowest BCUT2D eigenvalue weighted by atomic mass is 9.99. The first-order chi connectivity index (χ1) is 15.1. The van der Waals surface area contributed by atoms with Gasteiger partial charge in [-0.3, -0.25) is 14.5 Å². The zero-order chi connectivity index (χ0) is 21.8. The van der Waals surface area contributed by atoms with Gasteiger partial charge in [0.2, 0.25) is 11.8 Å². The average molecular weight is 423 g/mol. The lowest BCUT2D eigenvalue weighted by molar-refractivity contribution is -0.136. The topological polar surface area (TPSA) is 75.6 Å². The van der Waals surface area contributed by atoms with Crippen LogP contribution < -0.4 is 4.90 Å². The number of benzene rings is 1. The molecule has 1 fully saturated rings. The third-order valence-electron chi connectivity index (χ3n) is 6.18. The number of hydrogen-bond acceptors (Lipinski definition) is 5. The summed E-state index contributed by atoms with van der Waals surface area (Å²) in [7, 11) is 1.61. The number of piperidine rings is 1. The maximum absolute atomic E-state index is 12.8. The van der Waals surface area contributed by atoms with Crippen LogP contribution in [0.1, 0.15) is 60.8 Å². The minimum atomic E-state index is -0.155. The van der Waals surface area contributed by atoms with Gasteiger partial charge in [0, 0.05) is 31.3 Å². The van der Waals surface area contributed by atoms with Crippen LogP contribution in [0.25, 0.3) is 0 Å². The second-order valence-electron chi connectivity index (χ2n) is 8.28. The fourth-order valence-electron chi connectivity index (χ4n) is 4.51. The van der Waals surface area contributed by atoms with Crippen molar-refractivity contribution in [1.29, 1.82) is 0 Å². The highest BCUT2D eigenvalue weighted by molar-refractivity contribution is 5.95. The van der Waals surface area contributed by atoms with Crippen LogP contribution in [0.4, 0.5) is 5.82 Å². The van der Waals surface area contributed by atoms with Gasteiger partial charge in [0.25, 0.3) is 0 Å². The van der Waals surface area contributed by atoms with E-state index in [2.05, 4.69) is 0 Å². The number of likely N-dealkylation sites (tertiary alicyclic amines) is 1. The van der Waals surface area contributed by atoms with E-state index in [9.17, 15) is 9.59 Å². The molecular weight excluding hydrogens is 392 g/mol. The molecule has 2 aliphatic heterocycles. The molecule has 1 saturated heterocycles. The summed E-state index contributed by atoms with van der Waals surface area (Å²) in [6.07, 6.45) is 4.34. The smallest absolute Gasteiger partial charge is 0.228 e. The molecule has 0 N–H and O–H groups in total. The van der Waals surface area contributed by atoms with Gasteiger partial charge in [0.15, 0.2) is 5.82 Å². The summed E-state index contributed by atoms with van der Waals surface area (Å²) in [4.78, 5) is 39.0. The number of hydrogen-bond donors (Lipinski definition) is 0. The predicted molar refractivity (Wildman–Crippen MR) is 118 cm³/mol. The number of aromatic nitrogens is 2. The second kappa shape index (κ2) is 9.56. The van der Waals surface area contributed by atoms with Crippen molar-refractivity contribution in [2.75, 3.05) is 25.2 Å². The number of carbonyl (C=O) groups excluding carboxylic acids is 2. The number of anilines is 1. The zero-order valence-corrected chi connectivity index (χ0v) is 18.3. The van der Waals surface area contributed by atoms with Crippen LogP contribution in [0, 0.1) is 6.92 Å². The van der Waals surface area contributed by atoms with Gasteiger partial charge in [-0.1, -0.05) is 30.3 Å². The molecule has 3 heterocycles. The van der Waals surface area contributed by atoms with Gasteiger partial charge in [-0.2, -0.15) is 0 Å². The summed E-state index contributed by atoms with van der Waals surface area (Å²) in [6.45, 7) is 3.59. The lowest BCUT2D eigenvalue weighted by Gasteiger charge is -2.36. The summed E-state index contributed by atoms with van der Waals surface area (Å²) in [6, 6.07) is 9.82. The molecular formula is C24H30N4O3. The average Bonchev–Trinajstić information content (AvgIpc) is 2.80. The quantitative estimate of drug-likeness (QED) is 0.714. The van der Waals surface area contributed by atoms with Gasteiger partial charge in [-0.05, 0) is 38.2 Å². The molecule has 0 saturated carbocycles. The van der Waals surface area contributed by atoms with Gasteiger partial charge >= 0.3 is 0 Å². The van der Waals surface area contributed by atoms with E-state index in [1.807, 2.05) is 42.2 Å². The van der Waals surface area contributed by atoms with Gasteiger partial charge < -0.3 is 9.64 Å². The van der Waals surface area contributed by atoms with E-state index in [4.69, 9.17) is 14.7 Å². The van der Waals surface area contributed by atoms with Crippen molar-refractivity contribution in [3.8, 4) is 0 Å². The Kier molecular flexibility index (Phi) is 6.61. The number of fused-ring (bicyclic) bond motifs is 1. The molecule has 7 nitrogen and oxygen atoms in total. The molecule has 31 heavy (non-hydrogen) atoms. The molecule has 0 unspecified atom stereocenters. The molecule has 2 amide bonds. The lowest BCUT2D eigenvalue weighted by Crippen LogP contribution is -2.41. The van der Waals surface area contributed by atoms with Crippen LogP contribution in [-0.4, -0.2) is 46.9 Å². The molecule has 1 aromatic heterocycles. The highest BCUT2D eigenvalue weighted by Gasteiger charge is 2.33. The number of nitrogens with zero attached hydrogens (tertiary/aromatic N) is 4. The van der Waals surface area contributed by atoms with E-state index in [0.717, 1.165) is 36.1 Å². The first kappa shape index (κ1) is 21.4. The highest BCUT2D eigenvalue weighted by atomic mass is 16.5. The maximum atomic E-state index is 12.8. The Hall–Kier alpha value is -2.80. The number of methoxy groups -OCH3 is 1. The van der Waals surface area contributed by atoms with E-state index >= 15 is 0 Å². The minimum absolute atomic E-state index is 0.0720. The molecule has 164 valence electrons. The number of rotatable bonds is 6. The van der Waals surface area contributed by atoms with Crippen LogP contribution in [0.2, 0.25) is 0 Å². The fraction of sp³-hybridized carbons (Fsp3) is 0.500. The Bertz CT molecular complexity index is 947. The molecule has 2 aliphatic rings. The van der Waals surface area contributed by atoms with Crippen molar-refractivity contribution in [1.82, 2.24) is 14.9 Å². The monoisotopic (exact) mass is 422 g/mol. The van der Waals surface area contributed by atoms with Crippen LogP contribution in [0.15, 0.2) is 30.3 Å². The third-order valence-corrected chi connectivity index (χ3v) is 6.18. The maximum Gasteiger partial charge on any atom is 0.228 e. The van der Waals surface area contributed by atoms with Crippen LogP contribution >= 0.6 is 0 Å². The molecule has 7 heteroatoms. The summed E-state index contributed by atoms with van der Waals surface area (Å²) in [5.41, 5.74) is 3.00. The SMILES string of the molecule is COCCC(=O)N1CCCC[C@@H]1c1nc(C)c2c(n1)N(Cc1ccccc1)C(=O)CC2. The van der Waals surface area contributed by atoms with Crippen LogP contribution in [-0.2, 0) is 27.3 Å². The first-order valence-electron chi connectivity index (χ1n) is 11.1. The van der Waals surface area contributed by atoms with Gasteiger partial charge in [0.1, 0.15) is 5.82 Å². The summed E-state index contributed by atoms with van der Waals surface area (Å²) in [5.74, 6) is 1.51. The van der Waals surface area contributed by atoms with E-state index in [-0.39, 0.29) is 17.9 Å². The number of amides is 2. The van der Waals surface area contributed by atoms with E-state index < -0.39 is 0 Å². The van der Waals surface area contributed by atoms with Gasteiger partial charge in [0.05, 0.1) is 25.6 Å². The van der Waals surface area contributed by atoms with Crippen molar-refractivity contribution in [2.24, 2.45) is 0 Å². The van der Waals surface area contributed by atoms with Crippen molar-refractivity contribution in [3.05, 3.63) is 53.0 Å². The Labute approximate surface area is 183 Å². The Morgan fingerprint density at radius 2 is 1.97 bits per heavy atom. The largest absolute Gasteiger partial charge is 0.384 e. The van der Waals surface area contributed by atoms with Crippen molar-refractivity contribution < 1.29 is 14.3 Å². The Morgan fingerprint density at radius 1 is 1.16 bits per heavy atom. The summed E-state index contributed by atoms with van der Waals surface area (Å²) >= 11 is 0. The molecule has 0 spiro atoms. The van der Waals surface area contributed by atoms with Gasteiger partial charge in [-0.15, -0.1) is 0 Å². The molecule has 0 radical (unpaired) electrons. The number of aryl methyl sites for hydroxylation is 1. The van der Waals surface area contributed by atoms with E-state index in [1.165, 1.54) is 0 Å². The molecule has 0 bridgehead atoms. The molecule has 2 aromatic rings. The Balaban J connectivity index is 1.68. The Morgan fingerprint density at radius 3 is 2.74 bits per heavy atom. The molecule has 0 aliphatic carbocycles. The fourth-order valence-corrected chi connectivity index (χ4v) is 4.51. The van der Waals surface area contributed by atoms with E-state index in [0.29, 0.717) is 50.6 Å². The van der Waals surface area contributed by atoms with Crippen molar-refractivity contribution in [2.45, 2.75) is 58.0 Å². The summed E-state index contributed by atoms with van der Waals surface area (Å²) in [5, 5.41) is 0. The molecule has 1 atom stereocenters. The highest BCUT2D eigenvalue weighted by Crippen LogP contribution is 2.34. The molecule has 1 aromatic carbocycles. The standard InChI is InChI=1S/C24H30N4O3/c1-17-19-11-12-21(29)28(16-18-8-4-3-5-9-18)24(19)26-23(25-17)20-10-6-7-14-27(20)22(30)13-15-31-2/h3-5,8-9,20H,6-7,10-16H2,1-2H3/t20-/m1/s1. The predicted octanol–water partition coefficient (Wildman–Crippen LogP) is 3.35. The normalized spacial score (nSPS) is 18.8. The van der Waals surface area contributed by atoms with Crippen LogP contribution in [0.3, 0.4) is 0 Å². The first-order valence-corrected chi connectivity index (χ1v) is 11.1. The molecule has 4 rings (SSSR count).